The van der Waals surface area contributed by atoms with Gasteiger partial charge in [0.05, 0.1) is 11.3 Å². The van der Waals surface area contributed by atoms with Crippen LogP contribution in [0, 0.1) is 0 Å². The van der Waals surface area contributed by atoms with E-state index in [1.54, 1.807) is 6.07 Å². The van der Waals surface area contributed by atoms with Gasteiger partial charge in [0.1, 0.15) is 17.2 Å². The van der Waals surface area contributed by atoms with Crippen LogP contribution >= 0.6 is 0 Å². The molecule has 0 amide bonds. The molecule has 0 radical (unpaired) electrons. The maximum Gasteiger partial charge on any atom is 0.328 e. The highest BCUT2D eigenvalue weighted by molar-refractivity contribution is 5.87. The summed E-state index contributed by atoms with van der Waals surface area (Å²) in [6, 6.07) is 13.8. The summed E-state index contributed by atoms with van der Waals surface area (Å²) in [7, 11) is 1.96. The van der Waals surface area contributed by atoms with Crippen LogP contribution in [-0.2, 0) is 4.79 Å². The van der Waals surface area contributed by atoms with Gasteiger partial charge in [0.15, 0.2) is 0 Å². The van der Waals surface area contributed by atoms with Crippen molar-refractivity contribution in [3.8, 4) is 11.3 Å². The molecule has 5 heteroatoms. The average molecular weight is 336 g/mol. The highest BCUT2D eigenvalue weighted by Crippen LogP contribution is 2.34. The van der Waals surface area contributed by atoms with Crippen LogP contribution < -0.4 is 4.90 Å². The van der Waals surface area contributed by atoms with Gasteiger partial charge in [-0.25, -0.2) is 9.78 Å². The van der Waals surface area contributed by atoms with Crippen molar-refractivity contribution >= 4 is 28.8 Å². The molecule has 3 rings (SSSR count). The zero-order chi connectivity index (χ0) is 18.0. The number of carboxylic acids is 1. The number of benzene rings is 1. The predicted octanol–water partition coefficient (Wildman–Crippen LogP) is 4.44. The Bertz CT molecular complexity index is 908. The molecule has 1 N–H and O–H groups in total. The van der Waals surface area contributed by atoms with E-state index in [9.17, 15) is 4.79 Å². The van der Waals surface area contributed by atoms with Gasteiger partial charge in [0, 0.05) is 24.6 Å². The lowest BCUT2D eigenvalue weighted by Crippen LogP contribution is -2.27. The monoisotopic (exact) mass is 336 g/mol. The van der Waals surface area contributed by atoms with E-state index in [0.717, 1.165) is 34.2 Å². The molecule has 25 heavy (non-hydrogen) atoms. The number of aromatic nitrogens is 1. The summed E-state index contributed by atoms with van der Waals surface area (Å²) in [5.74, 6) is 0.494. The molecule has 5 nitrogen and oxygen atoms in total. The molecule has 0 unspecified atom stereocenters. The molecular weight excluding hydrogens is 316 g/mol. The lowest BCUT2D eigenvalue weighted by molar-refractivity contribution is -0.131. The van der Waals surface area contributed by atoms with Crippen LogP contribution in [0.1, 0.15) is 19.5 Å². The highest BCUT2D eigenvalue weighted by atomic mass is 16.4. The molecule has 0 bridgehead atoms. The van der Waals surface area contributed by atoms with E-state index in [4.69, 9.17) is 9.52 Å². The molecule has 3 aromatic rings. The number of fused-ring (bicyclic) bond motifs is 1. The van der Waals surface area contributed by atoms with Crippen molar-refractivity contribution in [3.63, 3.8) is 0 Å². The summed E-state index contributed by atoms with van der Waals surface area (Å²) in [5, 5.41) is 9.85. The molecule has 2 heterocycles. The van der Waals surface area contributed by atoms with Crippen molar-refractivity contribution in [2.75, 3.05) is 11.9 Å². The number of rotatable bonds is 5. The summed E-state index contributed by atoms with van der Waals surface area (Å²) in [5.41, 5.74) is 2.29. The van der Waals surface area contributed by atoms with E-state index >= 15 is 0 Å². The average Bonchev–Trinajstić information content (AvgIpc) is 3.02. The molecular formula is C20H20N2O3. The molecule has 128 valence electrons. The number of hydrogen-bond acceptors (Lipinski definition) is 4. The lowest BCUT2D eigenvalue weighted by atomic mass is 10.1. The number of nitrogens with zero attached hydrogens (tertiary/aromatic N) is 2. The molecule has 0 saturated carbocycles. The molecule has 0 aliphatic heterocycles. The number of para-hydroxylation sites is 1. The fourth-order valence-electron chi connectivity index (χ4n) is 2.53. The maximum absolute atomic E-state index is 10.7. The van der Waals surface area contributed by atoms with Crippen LogP contribution in [0.15, 0.2) is 53.0 Å². The summed E-state index contributed by atoms with van der Waals surface area (Å²) in [6.07, 6.45) is 2.57. The van der Waals surface area contributed by atoms with Crippen molar-refractivity contribution in [3.05, 3.63) is 54.2 Å². The van der Waals surface area contributed by atoms with E-state index in [-0.39, 0.29) is 6.04 Å². The van der Waals surface area contributed by atoms with Crippen LogP contribution in [0.4, 0.5) is 5.82 Å². The van der Waals surface area contributed by atoms with Crippen molar-refractivity contribution < 1.29 is 14.3 Å². The van der Waals surface area contributed by atoms with Crippen molar-refractivity contribution in [1.29, 1.82) is 0 Å². The maximum atomic E-state index is 10.7. The Balaban J connectivity index is 2.12. The number of pyridine rings is 1. The highest BCUT2D eigenvalue weighted by Gasteiger charge is 2.17. The van der Waals surface area contributed by atoms with E-state index in [1.165, 1.54) is 6.08 Å². The minimum Gasteiger partial charge on any atom is -0.478 e. The molecule has 0 aliphatic rings. The van der Waals surface area contributed by atoms with Gasteiger partial charge in [-0.05, 0) is 44.2 Å². The summed E-state index contributed by atoms with van der Waals surface area (Å²) in [6.45, 7) is 4.15. The lowest BCUT2D eigenvalue weighted by Gasteiger charge is -2.25. The third-order valence-corrected chi connectivity index (χ3v) is 4.09. The molecule has 0 spiro atoms. The van der Waals surface area contributed by atoms with Gasteiger partial charge in [-0.3, -0.25) is 0 Å². The Morgan fingerprint density at radius 2 is 2.00 bits per heavy atom. The van der Waals surface area contributed by atoms with Gasteiger partial charge in [0.2, 0.25) is 0 Å². The van der Waals surface area contributed by atoms with Crippen LogP contribution in [0.3, 0.4) is 0 Å². The molecule has 0 fully saturated rings. The van der Waals surface area contributed by atoms with E-state index in [2.05, 4.69) is 18.8 Å². The first-order chi connectivity index (χ1) is 12.0. The van der Waals surface area contributed by atoms with Crippen molar-refractivity contribution in [1.82, 2.24) is 4.98 Å². The van der Waals surface area contributed by atoms with Crippen LogP contribution in [-0.4, -0.2) is 29.1 Å². The number of carboxylic acid groups (broad SMARTS) is 1. The Labute approximate surface area is 146 Å². The first kappa shape index (κ1) is 16.8. The van der Waals surface area contributed by atoms with E-state index in [1.807, 2.05) is 48.3 Å². The third kappa shape index (κ3) is 3.55. The quantitative estimate of drug-likeness (QED) is 0.698. The second kappa shape index (κ2) is 6.81. The molecule has 1 aromatic carbocycles. The summed E-state index contributed by atoms with van der Waals surface area (Å²) >= 11 is 0. The van der Waals surface area contributed by atoms with Gasteiger partial charge in [-0.1, -0.05) is 18.2 Å². The van der Waals surface area contributed by atoms with Gasteiger partial charge in [-0.2, -0.15) is 0 Å². The Morgan fingerprint density at radius 1 is 1.24 bits per heavy atom. The fraction of sp³-hybridized carbons (Fsp3) is 0.200. The van der Waals surface area contributed by atoms with Crippen LogP contribution in [0.25, 0.3) is 28.4 Å². The number of furan rings is 1. The molecule has 0 aliphatic carbocycles. The third-order valence-electron chi connectivity index (χ3n) is 4.09. The Hall–Kier alpha value is -3.08. The standard InChI is InChI=1S/C20H20N2O3/c1-13(2)22(3)20-16(10-8-15(21-20)9-11-19(23)24)18-12-14-6-4-5-7-17(14)25-18/h4-13H,1-3H3,(H,23,24). The molecule has 0 atom stereocenters. The first-order valence-corrected chi connectivity index (χ1v) is 8.09. The van der Waals surface area contributed by atoms with Gasteiger partial charge >= 0.3 is 5.97 Å². The largest absolute Gasteiger partial charge is 0.478 e. The summed E-state index contributed by atoms with van der Waals surface area (Å²) < 4.78 is 5.98. The topological polar surface area (TPSA) is 66.6 Å². The van der Waals surface area contributed by atoms with Crippen LogP contribution in [0.5, 0.6) is 0 Å². The molecule has 0 saturated heterocycles. The van der Waals surface area contributed by atoms with Gasteiger partial charge in [-0.15, -0.1) is 0 Å². The normalized spacial score (nSPS) is 11.5. The second-order valence-electron chi connectivity index (χ2n) is 6.13. The fourth-order valence-corrected chi connectivity index (χ4v) is 2.53. The zero-order valence-corrected chi connectivity index (χ0v) is 14.4. The van der Waals surface area contributed by atoms with E-state index < -0.39 is 5.97 Å². The van der Waals surface area contributed by atoms with E-state index in [0.29, 0.717) is 5.69 Å². The Morgan fingerprint density at radius 3 is 2.68 bits per heavy atom. The van der Waals surface area contributed by atoms with Crippen molar-refractivity contribution in [2.45, 2.75) is 19.9 Å². The van der Waals surface area contributed by atoms with Gasteiger partial charge in [0.25, 0.3) is 0 Å². The van der Waals surface area contributed by atoms with Gasteiger partial charge < -0.3 is 14.4 Å². The van der Waals surface area contributed by atoms with Crippen molar-refractivity contribution in [2.24, 2.45) is 0 Å². The minimum atomic E-state index is -0.998. The number of hydrogen-bond donors (Lipinski definition) is 1. The first-order valence-electron chi connectivity index (χ1n) is 8.09. The Kier molecular flexibility index (Phi) is 4.57. The number of anilines is 1. The second-order valence-corrected chi connectivity index (χ2v) is 6.13. The number of aliphatic carboxylic acids is 1. The zero-order valence-electron chi connectivity index (χ0n) is 14.4. The molecule has 2 aromatic heterocycles. The SMILES string of the molecule is CC(C)N(C)c1nc(C=CC(=O)O)ccc1-c1cc2ccccc2o1. The van der Waals surface area contributed by atoms with Crippen LogP contribution in [0.2, 0.25) is 0 Å². The predicted molar refractivity (Wildman–Crippen MR) is 99.7 cm³/mol. The smallest absolute Gasteiger partial charge is 0.328 e. The number of carbonyl (C=O) groups is 1. The minimum absolute atomic E-state index is 0.231. The summed E-state index contributed by atoms with van der Waals surface area (Å²) in [4.78, 5) is 17.4.